The molecule has 2 rings (SSSR count). The van der Waals surface area contributed by atoms with E-state index in [0.717, 1.165) is 37.9 Å². The Kier molecular flexibility index (Phi) is 4.36. The molecule has 0 saturated carbocycles. The summed E-state index contributed by atoms with van der Waals surface area (Å²) >= 11 is 0. The normalized spacial score (nSPS) is 22.3. The molecule has 1 heterocycles. The fourth-order valence-corrected chi connectivity index (χ4v) is 2.41. The van der Waals surface area contributed by atoms with E-state index >= 15 is 0 Å². The summed E-state index contributed by atoms with van der Waals surface area (Å²) in [6.45, 7) is 5.91. The molecule has 0 spiro atoms. The molecule has 18 heavy (non-hydrogen) atoms. The van der Waals surface area contributed by atoms with E-state index in [4.69, 9.17) is 4.74 Å². The average molecular weight is 251 g/mol. The van der Waals surface area contributed by atoms with Gasteiger partial charge in [-0.25, -0.2) is 4.39 Å². The van der Waals surface area contributed by atoms with Gasteiger partial charge in [0.25, 0.3) is 0 Å². The van der Waals surface area contributed by atoms with Crippen LogP contribution in [0.2, 0.25) is 0 Å². The molecule has 1 aromatic rings. The SMILES string of the molecule is CC1(C)CCC(CNCCc2ccccc2F)O1. The zero-order chi connectivity index (χ0) is 13.0. The van der Waals surface area contributed by atoms with Crippen LogP contribution in [0, 0.1) is 5.82 Å². The van der Waals surface area contributed by atoms with E-state index in [1.807, 2.05) is 12.1 Å². The van der Waals surface area contributed by atoms with Crippen molar-refractivity contribution in [3.63, 3.8) is 0 Å². The van der Waals surface area contributed by atoms with E-state index < -0.39 is 0 Å². The number of nitrogens with one attached hydrogen (secondary N) is 1. The van der Waals surface area contributed by atoms with Crippen LogP contribution < -0.4 is 5.32 Å². The summed E-state index contributed by atoms with van der Waals surface area (Å²) in [7, 11) is 0. The quantitative estimate of drug-likeness (QED) is 0.812. The highest BCUT2D eigenvalue weighted by Crippen LogP contribution is 2.28. The molecule has 1 N–H and O–H groups in total. The van der Waals surface area contributed by atoms with Crippen molar-refractivity contribution in [1.29, 1.82) is 0 Å². The van der Waals surface area contributed by atoms with Crippen molar-refractivity contribution >= 4 is 0 Å². The van der Waals surface area contributed by atoms with Crippen LogP contribution in [0.3, 0.4) is 0 Å². The van der Waals surface area contributed by atoms with Crippen molar-refractivity contribution < 1.29 is 9.13 Å². The molecule has 3 heteroatoms. The predicted molar refractivity (Wildman–Crippen MR) is 71.2 cm³/mol. The smallest absolute Gasteiger partial charge is 0.126 e. The van der Waals surface area contributed by atoms with Gasteiger partial charge < -0.3 is 10.1 Å². The van der Waals surface area contributed by atoms with Gasteiger partial charge in [0.2, 0.25) is 0 Å². The molecule has 2 nitrogen and oxygen atoms in total. The Morgan fingerprint density at radius 1 is 1.39 bits per heavy atom. The van der Waals surface area contributed by atoms with Crippen LogP contribution in [-0.2, 0) is 11.2 Å². The van der Waals surface area contributed by atoms with E-state index in [-0.39, 0.29) is 11.4 Å². The molecule has 1 aliphatic rings. The summed E-state index contributed by atoms with van der Waals surface area (Å²) in [4.78, 5) is 0. The molecule has 1 aromatic carbocycles. The number of ether oxygens (including phenoxy) is 1. The van der Waals surface area contributed by atoms with Gasteiger partial charge in [0.1, 0.15) is 5.82 Å². The Morgan fingerprint density at radius 2 is 2.17 bits per heavy atom. The number of benzene rings is 1. The van der Waals surface area contributed by atoms with Crippen LogP contribution in [-0.4, -0.2) is 24.8 Å². The van der Waals surface area contributed by atoms with Gasteiger partial charge in [-0.15, -0.1) is 0 Å². The number of rotatable bonds is 5. The van der Waals surface area contributed by atoms with Crippen LogP contribution in [0.15, 0.2) is 24.3 Å². The van der Waals surface area contributed by atoms with Gasteiger partial charge in [-0.1, -0.05) is 18.2 Å². The van der Waals surface area contributed by atoms with E-state index in [9.17, 15) is 4.39 Å². The van der Waals surface area contributed by atoms with E-state index in [2.05, 4.69) is 19.2 Å². The first-order valence-corrected chi connectivity index (χ1v) is 6.69. The third kappa shape index (κ3) is 3.79. The second-order valence-electron chi connectivity index (χ2n) is 5.58. The van der Waals surface area contributed by atoms with Gasteiger partial charge in [-0.2, -0.15) is 0 Å². The molecule has 1 aliphatic heterocycles. The fourth-order valence-electron chi connectivity index (χ4n) is 2.41. The minimum absolute atomic E-state index is 0.0257. The molecule has 100 valence electrons. The van der Waals surface area contributed by atoms with Crippen molar-refractivity contribution in [3.05, 3.63) is 35.6 Å². The zero-order valence-electron chi connectivity index (χ0n) is 11.2. The Hall–Kier alpha value is -0.930. The van der Waals surface area contributed by atoms with Crippen LogP contribution in [0.25, 0.3) is 0 Å². The highest BCUT2D eigenvalue weighted by Gasteiger charge is 2.30. The predicted octanol–water partition coefficient (Wildman–Crippen LogP) is 2.92. The zero-order valence-corrected chi connectivity index (χ0v) is 11.2. The van der Waals surface area contributed by atoms with Gasteiger partial charge in [0.15, 0.2) is 0 Å². The highest BCUT2D eigenvalue weighted by molar-refractivity contribution is 5.17. The number of hydrogen-bond acceptors (Lipinski definition) is 2. The maximum Gasteiger partial charge on any atom is 0.126 e. The minimum Gasteiger partial charge on any atom is -0.371 e. The number of halogens is 1. The van der Waals surface area contributed by atoms with Gasteiger partial charge in [-0.05, 0) is 51.3 Å². The van der Waals surface area contributed by atoms with Crippen LogP contribution in [0.4, 0.5) is 4.39 Å². The lowest BCUT2D eigenvalue weighted by Gasteiger charge is -2.19. The van der Waals surface area contributed by atoms with Crippen molar-refractivity contribution in [1.82, 2.24) is 5.32 Å². The first-order valence-electron chi connectivity index (χ1n) is 6.69. The summed E-state index contributed by atoms with van der Waals surface area (Å²) in [6, 6.07) is 6.95. The maximum absolute atomic E-state index is 13.4. The Balaban J connectivity index is 1.67. The van der Waals surface area contributed by atoms with Gasteiger partial charge in [0, 0.05) is 6.54 Å². The third-order valence-electron chi connectivity index (χ3n) is 3.46. The van der Waals surface area contributed by atoms with Gasteiger partial charge in [-0.3, -0.25) is 0 Å². The lowest BCUT2D eigenvalue weighted by Crippen LogP contribution is -2.30. The Labute approximate surface area is 109 Å². The standard InChI is InChI=1S/C15H22FNO/c1-15(2)9-7-13(18-15)11-17-10-8-12-5-3-4-6-14(12)16/h3-6,13,17H,7-11H2,1-2H3. The molecule has 0 radical (unpaired) electrons. The second kappa shape index (κ2) is 5.81. The Bertz CT molecular complexity index is 392. The molecular formula is C15H22FNO. The molecule has 0 aliphatic carbocycles. The molecule has 1 atom stereocenters. The second-order valence-corrected chi connectivity index (χ2v) is 5.58. The molecule has 0 aromatic heterocycles. The summed E-state index contributed by atoms with van der Waals surface area (Å²) in [5, 5.41) is 3.35. The van der Waals surface area contributed by atoms with E-state index in [1.165, 1.54) is 6.07 Å². The van der Waals surface area contributed by atoms with Crippen LogP contribution in [0.5, 0.6) is 0 Å². The third-order valence-corrected chi connectivity index (χ3v) is 3.46. The molecule has 1 unspecified atom stereocenters. The van der Waals surface area contributed by atoms with Crippen molar-refractivity contribution in [2.75, 3.05) is 13.1 Å². The van der Waals surface area contributed by atoms with Crippen molar-refractivity contribution in [2.45, 2.75) is 44.8 Å². The minimum atomic E-state index is -0.113. The van der Waals surface area contributed by atoms with Gasteiger partial charge >= 0.3 is 0 Å². The molecule has 0 amide bonds. The van der Waals surface area contributed by atoms with Crippen LogP contribution >= 0.6 is 0 Å². The summed E-state index contributed by atoms with van der Waals surface area (Å²) < 4.78 is 19.3. The molecule has 1 fully saturated rings. The molecule has 0 bridgehead atoms. The largest absolute Gasteiger partial charge is 0.371 e. The Morgan fingerprint density at radius 3 is 2.83 bits per heavy atom. The van der Waals surface area contributed by atoms with E-state index in [1.54, 1.807) is 6.07 Å². The monoisotopic (exact) mass is 251 g/mol. The molecular weight excluding hydrogens is 229 g/mol. The van der Waals surface area contributed by atoms with Crippen molar-refractivity contribution in [2.24, 2.45) is 0 Å². The average Bonchev–Trinajstić information content (AvgIpc) is 2.67. The lowest BCUT2D eigenvalue weighted by atomic mass is 10.1. The van der Waals surface area contributed by atoms with Gasteiger partial charge in [0.05, 0.1) is 11.7 Å². The number of hydrogen-bond donors (Lipinski definition) is 1. The van der Waals surface area contributed by atoms with Crippen molar-refractivity contribution in [3.8, 4) is 0 Å². The summed E-state index contributed by atoms with van der Waals surface area (Å²) in [6.07, 6.45) is 3.26. The fraction of sp³-hybridized carbons (Fsp3) is 0.600. The summed E-state index contributed by atoms with van der Waals surface area (Å²) in [5.74, 6) is -0.113. The summed E-state index contributed by atoms with van der Waals surface area (Å²) in [5.41, 5.74) is 0.801. The lowest BCUT2D eigenvalue weighted by molar-refractivity contribution is -0.0140. The first kappa shape index (κ1) is 13.5. The topological polar surface area (TPSA) is 21.3 Å². The molecule has 1 saturated heterocycles. The van der Waals surface area contributed by atoms with Crippen LogP contribution in [0.1, 0.15) is 32.3 Å². The maximum atomic E-state index is 13.4. The van der Waals surface area contributed by atoms with E-state index in [0.29, 0.717) is 6.10 Å². The first-order chi connectivity index (χ1) is 8.57. The highest BCUT2D eigenvalue weighted by atomic mass is 19.1.